The van der Waals surface area contributed by atoms with Crippen molar-refractivity contribution in [2.24, 2.45) is 0 Å². The van der Waals surface area contributed by atoms with Gasteiger partial charge in [0.15, 0.2) is 7.14 Å². The van der Waals surface area contributed by atoms with Crippen LogP contribution in [0.1, 0.15) is 12.0 Å². The number of aryl methyl sites for hydroxylation is 1. The smallest absolute Gasteiger partial charge is 0.245 e. The van der Waals surface area contributed by atoms with Gasteiger partial charge in [-0.15, -0.1) is 0 Å². The van der Waals surface area contributed by atoms with Crippen LogP contribution in [-0.2, 0) is 14.2 Å². The second-order valence-electron chi connectivity index (χ2n) is 6.95. The van der Waals surface area contributed by atoms with Crippen molar-refractivity contribution < 1.29 is 14.2 Å². The average molecular weight is 389 g/mol. The van der Waals surface area contributed by atoms with Crippen LogP contribution >= 0.6 is 7.14 Å². The van der Waals surface area contributed by atoms with E-state index < -0.39 is 18.7 Å². The first kappa shape index (κ1) is 18.4. The number of rotatable bonds is 4. The summed E-state index contributed by atoms with van der Waals surface area (Å²) in [4.78, 5) is 27.3. The van der Waals surface area contributed by atoms with Crippen LogP contribution in [0.4, 0.5) is 5.69 Å². The molecule has 1 aliphatic heterocycles. The Hall–Kier alpha value is -2.97. The van der Waals surface area contributed by atoms with Gasteiger partial charge in [-0.25, -0.2) is 4.90 Å². The third kappa shape index (κ3) is 3.00. The Kier molecular flexibility index (Phi) is 4.74. The molecule has 3 aromatic carbocycles. The first-order chi connectivity index (χ1) is 13.5. The molecule has 140 valence electrons. The van der Waals surface area contributed by atoms with E-state index in [-0.39, 0.29) is 12.3 Å². The largest absolute Gasteiger partial charge is 0.313 e. The molecule has 0 N–H and O–H groups in total. The van der Waals surface area contributed by atoms with Gasteiger partial charge in [0, 0.05) is 17.0 Å². The van der Waals surface area contributed by atoms with Crippen molar-refractivity contribution >= 4 is 35.3 Å². The number of imide groups is 1. The summed E-state index contributed by atoms with van der Waals surface area (Å²) in [5.41, 5.74) is 0.667. The van der Waals surface area contributed by atoms with Crippen LogP contribution in [0.3, 0.4) is 0 Å². The van der Waals surface area contributed by atoms with Crippen LogP contribution < -0.4 is 15.5 Å². The Bertz CT molecular complexity index is 1020. The number of benzene rings is 3. The van der Waals surface area contributed by atoms with Crippen molar-refractivity contribution in [3.63, 3.8) is 0 Å². The Balaban J connectivity index is 1.82. The second-order valence-corrected chi connectivity index (χ2v) is 9.92. The van der Waals surface area contributed by atoms with Crippen LogP contribution in [0.5, 0.6) is 0 Å². The Morgan fingerprint density at radius 3 is 1.79 bits per heavy atom. The molecule has 0 aromatic heterocycles. The molecule has 5 heteroatoms. The number of anilines is 1. The predicted octanol–water partition coefficient (Wildman–Crippen LogP) is 3.64. The van der Waals surface area contributed by atoms with Gasteiger partial charge in [0.1, 0.15) is 5.66 Å². The van der Waals surface area contributed by atoms with Crippen LogP contribution in [0, 0.1) is 6.92 Å². The van der Waals surface area contributed by atoms with Gasteiger partial charge in [-0.1, -0.05) is 78.4 Å². The lowest BCUT2D eigenvalue weighted by molar-refractivity contribution is -0.121. The van der Waals surface area contributed by atoms with Crippen LogP contribution in [0.25, 0.3) is 0 Å². The van der Waals surface area contributed by atoms with Gasteiger partial charge < -0.3 is 4.57 Å². The molecular weight excluding hydrogens is 369 g/mol. The standard InChI is InChI=1S/C23H20NO3P/c1-17-12-14-18(15-13-17)24-22(25)16-21(23(24)26)28(27,19-8-4-2-5-9-19)20-10-6-3-7-11-20/h2-15,21H,16H2,1H3. The number of carbonyl (C=O) groups excluding carboxylic acids is 2. The molecule has 0 saturated carbocycles. The molecule has 1 fully saturated rings. The van der Waals surface area contributed by atoms with E-state index in [1.807, 2.05) is 55.5 Å². The molecule has 1 atom stereocenters. The highest BCUT2D eigenvalue weighted by molar-refractivity contribution is 7.80. The first-order valence-electron chi connectivity index (χ1n) is 9.16. The molecular formula is C23H20NO3P. The third-order valence-corrected chi connectivity index (χ3v) is 8.55. The lowest BCUT2D eigenvalue weighted by atomic mass is 10.2. The summed E-state index contributed by atoms with van der Waals surface area (Å²) >= 11 is 0. The van der Waals surface area contributed by atoms with Crippen molar-refractivity contribution in [2.45, 2.75) is 19.0 Å². The Labute approximate surface area is 164 Å². The molecule has 0 spiro atoms. The molecule has 4 rings (SSSR count). The number of hydrogen-bond donors (Lipinski definition) is 0. The molecule has 0 aliphatic carbocycles. The van der Waals surface area contributed by atoms with Crippen molar-refractivity contribution in [1.29, 1.82) is 0 Å². The molecule has 3 aromatic rings. The summed E-state index contributed by atoms with van der Waals surface area (Å²) in [6.45, 7) is 1.94. The Morgan fingerprint density at radius 1 is 0.786 bits per heavy atom. The van der Waals surface area contributed by atoms with E-state index in [2.05, 4.69) is 0 Å². The maximum Gasteiger partial charge on any atom is 0.245 e. The molecule has 1 saturated heterocycles. The van der Waals surface area contributed by atoms with E-state index in [1.54, 1.807) is 36.4 Å². The Morgan fingerprint density at radius 2 is 1.29 bits per heavy atom. The van der Waals surface area contributed by atoms with E-state index in [9.17, 15) is 14.2 Å². The number of amides is 2. The zero-order valence-electron chi connectivity index (χ0n) is 15.5. The summed E-state index contributed by atoms with van der Waals surface area (Å²) in [7, 11) is -3.34. The van der Waals surface area contributed by atoms with Gasteiger partial charge in [0.25, 0.3) is 0 Å². The second kappa shape index (κ2) is 7.21. The van der Waals surface area contributed by atoms with Crippen molar-refractivity contribution in [1.82, 2.24) is 0 Å². The van der Waals surface area contributed by atoms with E-state index in [0.29, 0.717) is 16.3 Å². The zero-order chi connectivity index (χ0) is 19.7. The highest BCUT2D eigenvalue weighted by Gasteiger charge is 2.50. The van der Waals surface area contributed by atoms with Gasteiger partial charge in [-0.2, -0.15) is 0 Å². The summed E-state index contributed by atoms with van der Waals surface area (Å²) in [5.74, 6) is -0.712. The van der Waals surface area contributed by atoms with Crippen molar-refractivity contribution in [2.75, 3.05) is 4.90 Å². The molecule has 1 aliphatic rings. The van der Waals surface area contributed by atoms with Crippen LogP contribution in [0.2, 0.25) is 0 Å². The van der Waals surface area contributed by atoms with Crippen LogP contribution in [-0.4, -0.2) is 17.5 Å². The average Bonchev–Trinajstić information content (AvgIpc) is 3.04. The van der Waals surface area contributed by atoms with E-state index in [1.165, 1.54) is 4.90 Å². The highest BCUT2D eigenvalue weighted by atomic mass is 31.2. The van der Waals surface area contributed by atoms with Gasteiger partial charge in [0.2, 0.25) is 11.8 Å². The minimum atomic E-state index is -3.34. The van der Waals surface area contributed by atoms with Gasteiger partial charge >= 0.3 is 0 Å². The van der Waals surface area contributed by atoms with E-state index in [0.717, 1.165) is 5.56 Å². The fraction of sp³-hybridized carbons (Fsp3) is 0.130. The van der Waals surface area contributed by atoms with Crippen molar-refractivity contribution in [3.8, 4) is 0 Å². The molecule has 0 bridgehead atoms. The molecule has 1 unspecified atom stereocenters. The number of carbonyl (C=O) groups is 2. The first-order valence-corrected chi connectivity index (χ1v) is 10.9. The maximum atomic E-state index is 14.4. The minimum absolute atomic E-state index is 0.0617. The molecule has 1 heterocycles. The zero-order valence-corrected chi connectivity index (χ0v) is 16.4. The predicted molar refractivity (Wildman–Crippen MR) is 112 cm³/mol. The van der Waals surface area contributed by atoms with E-state index in [4.69, 9.17) is 0 Å². The fourth-order valence-corrected chi connectivity index (χ4v) is 6.76. The monoisotopic (exact) mass is 389 g/mol. The quantitative estimate of drug-likeness (QED) is 0.506. The number of hydrogen-bond acceptors (Lipinski definition) is 3. The lowest BCUT2D eigenvalue weighted by Crippen LogP contribution is -2.35. The van der Waals surface area contributed by atoms with Gasteiger partial charge in [-0.05, 0) is 19.1 Å². The molecule has 4 nitrogen and oxygen atoms in total. The number of nitrogens with zero attached hydrogens (tertiary/aromatic N) is 1. The summed E-state index contributed by atoms with van der Waals surface area (Å²) in [6, 6.07) is 25.3. The summed E-state index contributed by atoms with van der Waals surface area (Å²) < 4.78 is 14.4. The minimum Gasteiger partial charge on any atom is -0.313 e. The SMILES string of the molecule is Cc1ccc(N2C(=O)CC(P(=O)(c3ccccc3)c3ccccc3)C2=O)cc1. The van der Waals surface area contributed by atoms with E-state index >= 15 is 0 Å². The summed E-state index contributed by atoms with van der Waals surface area (Å²) in [6.07, 6.45) is -0.0617. The normalized spacial score (nSPS) is 17.2. The van der Waals surface area contributed by atoms with Gasteiger partial charge in [0.05, 0.1) is 5.69 Å². The summed E-state index contributed by atoms with van der Waals surface area (Å²) in [5, 5.41) is 1.19. The molecule has 0 radical (unpaired) electrons. The fourth-order valence-electron chi connectivity index (χ4n) is 3.67. The van der Waals surface area contributed by atoms with Gasteiger partial charge in [-0.3, -0.25) is 9.59 Å². The third-order valence-electron chi connectivity index (χ3n) is 5.13. The topological polar surface area (TPSA) is 54.5 Å². The molecule has 2 amide bonds. The lowest BCUT2D eigenvalue weighted by Gasteiger charge is -2.24. The van der Waals surface area contributed by atoms with Crippen molar-refractivity contribution in [3.05, 3.63) is 90.5 Å². The van der Waals surface area contributed by atoms with Crippen LogP contribution in [0.15, 0.2) is 84.9 Å². The molecule has 28 heavy (non-hydrogen) atoms. The maximum absolute atomic E-state index is 14.4. The highest BCUT2D eigenvalue weighted by Crippen LogP contribution is 2.53.